The first-order valence-electron chi connectivity index (χ1n) is 23.0. The van der Waals surface area contributed by atoms with E-state index in [1.54, 1.807) is 0 Å². The molecule has 2 saturated carbocycles. The van der Waals surface area contributed by atoms with Gasteiger partial charge in [-0.2, -0.15) is 25.1 Å². The minimum atomic E-state index is -0.0817. The Labute approximate surface area is 337 Å². The van der Waals surface area contributed by atoms with Crippen LogP contribution in [0.2, 0.25) is 0 Å². The Kier molecular flexibility index (Phi) is 15.2. The van der Waals surface area contributed by atoms with Crippen LogP contribution < -0.4 is 15.5 Å². The first kappa shape index (κ1) is 44.4. The van der Waals surface area contributed by atoms with E-state index in [0.29, 0.717) is 35.9 Å². The molecule has 2 aliphatic heterocycles. The minimum Gasteiger partial charge on any atom is -0.351 e. The topological polar surface area (TPSA) is 90.9 Å². The van der Waals surface area contributed by atoms with Crippen LogP contribution in [0.15, 0.2) is 0 Å². The first-order valence-corrected chi connectivity index (χ1v) is 23.0. The summed E-state index contributed by atoms with van der Waals surface area (Å²) in [4.78, 5) is 31.5. The maximum absolute atomic E-state index is 6.88. The van der Waals surface area contributed by atoms with Crippen LogP contribution in [0, 0.1) is 11.8 Å². The third-order valence-corrected chi connectivity index (χ3v) is 13.5. The maximum Gasteiger partial charge on any atom is 0.231 e. The lowest BCUT2D eigenvalue weighted by Gasteiger charge is -2.56. The molecular formula is C45H84N8O2. The van der Waals surface area contributed by atoms with Crippen molar-refractivity contribution in [1.82, 2.24) is 25.1 Å². The van der Waals surface area contributed by atoms with E-state index in [4.69, 9.17) is 24.6 Å². The molecule has 1 aromatic heterocycles. The Morgan fingerprint density at radius 2 is 0.909 bits per heavy atom. The van der Waals surface area contributed by atoms with Crippen LogP contribution in [0.25, 0.3) is 0 Å². The molecule has 0 spiro atoms. The van der Waals surface area contributed by atoms with Crippen molar-refractivity contribution in [2.45, 2.75) is 245 Å². The van der Waals surface area contributed by atoms with Gasteiger partial charge in [0.25, 0.3) is 0 Å². The predicted molar refractivity (Wildman–Crippen MR) is 229 cm³/mol. The molecular weight excluding hydrogens is 685 g/mol. The summed E-state index contributed by atoms with van der Waals surface area (Å²) >= 11 is 0. The van der Waals surface area contributed by atoms with Gasteiger partial charge in [-0.05, 0) is 145 Å². The molecule has 10 heteroatoms. The molecule has 10 nitrogen and oxygen atoms in total. The lowest BCUT2D eigenvalue weighted by Crippen LogP contribution is -2.63. The zero-order valence-electron chi connectivity index (χ0n) is 37.6. The van der Waals surface area contributed by atoms with Crippen LogP contribution in [-0.4, -0.2) is 84.6 Å². The van der Waals surface area contributed by atoms with Crippen molar-refractivity contribution in [2.24, 2.45) is 11.8 Å². The van der Waals surface area contributed by atoms with E-state index in [1.807, 2.05) is 0 Å². The number of rotatable bonds is 17. The van der Waals surface area contributed by atoms with Crippen molar-refractivity contribution in [3.8, 4) is 0 Å². The van der Waals surface area contributed by atoms with Gasteiger partial charge in [-0.3, -0.25) is 9.68 Å². The Hall–Kier alpha value is -1.75. The summed E-state index contributed by atoms with van der Waals surface area (Å²) in [7, 11) is 0. The van der Waals surface area contributed by atoms with Crippen molar-refractivity contribution in [3.63, 3.8) is 0 Å². The molecule has 0 aromatic carbocycles. The highest BCUT2D eigenvalue weighted by molar-refractivity contribution is 5.45. The fourth-order valence-electron chi connectivity index (χ4n) is 11.4. The monoisotopic (exact) mass is 769 g/mol. The molecule has 2 atom stereocenters. The summed E-state index contributed by atoms with van der Waals surface area (Å²) in [6.45, 7) is 29.8. The lowest BCUT2D eigenvalue weighted by molar-refractivity contribution is -0.314. The highest BCUT2D eigenvalue weighted by atomic mass is 16.7. The van der Waals surface area contributed by atoms with E-state index >= 15 is 0 Å². The van der Waals surface area contributed by atoms with E-state index in [-0.39, 0.29) is 34.2 Å². The number of hydroxylamine groups is 4. The fourth-order valence-corrected chi connectivity index (χ4v) is 11.4. The van der Waals surface area contributed by atoms with Gasteiger partial charge in [-0.25, -0.2) is 0 Å². The van der Waals surface area contributed by atoms with E-state index in [9.17, 15) is 0 Å². The van der Waals surface area contributed by atoms with Crippen molar-refractivity contribution >= 4 is 17.8 Å². The second kappa shape index (κ2) is 18.9. The quantitative estimate of drug-likeness (QED) is 0.160. The highest BCUT2D eigenvalue weighted by Crippen LogP contribution is 2.47. The van der Waals surface area contributed by atoms with Crippen molar-refractivity contribution in [3.05, 3.63) is 0 Å². The summed E-state index contributed by atoms with van der Waals surface area (Å²) in [6.07, 6.45) is 21.8. The number of hydrogen-bond donors (Lipinski definition) is 2. The Morgan fingerprint density at radius 3 is 1.22 bits per heavy atom. The molecule has 0 bridgehead atoms. The third kappa shape index (κ3) is 11.3. The molecule has 2 aliphatic carbocycles. The van der Waals surface area contributed by atoms with Crippen molar-refractivity contribution < 1.29 is 9.68 Å². The van der Waals surface area contributed by atoms with E-state index < -0.39 is 0 Å². The van der Waals surface area contributed by atoms with Gasteiger partial charge in [0.2, 0.25) is 17.8 Å². The molecule has 4 fully saturated rings. The molecule has 4 aliphatic rings. The van der Waals surface area contributed by atoms with E-state index in [0.717, 1.165) is 70.4 Å². The Bertz CT molecular complexity index is 1190. The molecule has 0 amide bonds. The smallest absolute Gasteiger partial charge is 0.231 e. The standard InChI is InChI=1S/C45H84N8O2/c1-13-23-37(33-29-42(5,6)52(43(7,8)30-33)54-35-25-19-17-20-26-35)46-39-48-40(50-41(49-39)51(15-3)16-4)47-38(24-14-2)34-31-44(9,10)53(45(11,12)32-34)55-36-27-21-18-22-28-36/h33-38H,13-32H2,1-12H3,(H2,46,47,48,49,50). The van der Waals surface area contributed by atoms with Gasteiger partial charge in [-0.15, -0.1) is 0 Å². The number of nitrogens with one attached hydrogen (secondary N) is 2. The predicted octanol–water partition coefficient (Wildman–Crippen LogP) is 10.9. The summed E-state index contributed by atoms with van der Waals surface area (Å²) < 4.78 is 0. The number of piperidine rings is 2. The van der Waals surface area contributed by atoms with Gasteiger partial charge < -0.3 is 15.5 Å². The normalized spacial score (nSPS) is 25.4. The van der Waals surface area contributed by atoms with Gasteiger partial charge in [0.1, 0.15) is 0 Å². The summed E-state index contributed by atoms with van der Waals surface area (Å²) in [6, 6.07) is 0.503. The molecule has 5 rings (SSSR count). The maximum atomic E-state index is 6.88. The van der Waals surface area contributed by atoms with Crippen LogP contribution >= 0.6 is 0 Å². The SMILES string of the molecule is CCCC(Nc1nc(NC(CCC)C2CC(C)(C)N(OC3CCCCC3)C(C)(C)C2)nc(N(CC)CC)n1)C1CC(C)(C)N(OC2CCCCC2)C(C)(C)C1. The molecule has 3 heterocycles. The molecule has 2 N–H and O–H groups in total. The average Bonchev–Trinajstić information content (AvgIpc) is 3.12. The summed E-state index contributed by atoms with van der Waals surface area (Å²) in [5.74, 6) is 3.06. The fraction of sp³-hybridized carbons (Fsp3) is 0.933. The van der Waals surface area contributed by atoms with Gasteiger partial charge in [0.05, 0.1) is 12.2 Å². The number of aromatic nitrogens is 3. The zero-order valence-corrected chi connectivity index (χ0v) is 37.6. The Balaban J connectivity index is 1.37. The van der Waals surface area contributed by atoms with Crippen LogP contribution in [0.1, 0.15) is 199 Å². The van der Waals surface area contributed by atoms with E-state index in [1.165, 1.54) is 64.2 Å². The molecule has 55 heavy (non-hydrogen) atoms. The molecule has 2 unspecified atom stereocenters. The van der Waals surface area contributed by atoms with Crippen LogP contribution in [0.3, 0.4) is 0 Å². The summed E-state index contributed by atoms with van der Waals surface area (Å²) in [5.41, 5.74) is -0.327. The van der Waals surface area contributed by atoms with Crippen molar-refractivity contribution in [2.75, 3.05) is 28.6 Å². The van der Waals surface area contributed by atoms with Crippen LogP contribution in [0.5, 0.6) is 0 Å². The second-order valence-corrected chi connectivity index (χ2v) is 20.4. The molecule has 1 aromatic rings. The number of nitrogens with zero attached hydrogens (tertiary/aromatic N) is 6. The van der Waals surface area contributed by atoms with E-state index in [2.05, 4.69) is 109 Å². The van der Waals surface area contributed by atoms with Gasteiger partial charge >= 0.3 is 0 Å². The average molecular weight is 769 g/mol. The second-order valence-electron chi connectivity index (χ2n) is 20.4. The molecule has 0 radical (unpaired) electrons. The van der Waals surface area contributed by atoms with Crippen LogP contribution in [0.4, 0.5) is 17.8 Å². The molecule has 316 valence electrons. The third-order valence-electron chi connectivity index (χ3n) is 13.5. The van der Waals surface area contributed by atoms with Gasteiger partial charge in [0.15, 0.2) is 0 Å². The Morgan fingerprint density at radius 1 is 0.564 bits per heavy atom. The van der Waals surface area contributed by atoms with Crippen LogP contribution in [-0.2, 0) is 9.68 Å². The molecule has 2 saturated heterocycles. The number of anilines is 3. The first-order chi connectivity index (χ1) is 26.0. The van der Waals surface area contributed by atoms with Crippen molar-refractivity contribution in [1.29, 1.82) is 0 Å². The lowest BCUT2D eigenvalue weighted by atomic mass is 9.71. The summed E-state index contributed by atoms with van der Waals surface area (Å²) in [5, 5.41) is 12.7. The highest BCUT2D eigenvalue weighted by Gasteiger charge is 2.50. The number of hydrogen-bond acceptors (Lipinski definition) is 10. The largest absolute Gasteiger partial charge is 0.351 e. The van der Waals surface area contributed by atoms with Gasteiger partial charge in [-0.1, -0.05) is 65.2 Å². The zero-order chi connectivity index (χ0) is 40.0. The minimum absolute atomic E-state index is 0.0817. The van der Waals surface area contributed by atoms with Gasteiger partial charge in [0, 0.05) is 47.3 Å².